The SMILES string of the molecule is CCNC(=O)c1ccc(-n2nnc(C(=O)NC3CC3)c2CCCOCC(F)F)cc1. The van der Waals surface area contributed by atoms with Crippen molar-refractivity contribution in [3.8, 4) is 5.69 Å². The maximum absolute atomic E-state index is 12.5. The van der Waals surface area contributed by atoms with Crippen molar-refractivity contribution in [3.63, 3.8) is 0 Å². The highest BCUT2D eigenvalue weighted by Gasteiger charge is 2.27. The van der Waals surface area contributed by atoms with Crippen LogP contribution in [0.4, 0.5) is 8.78 Å². The molecule has 0 bridgehead atoms. The average molecular weight is 421 g/mol. The molecular formula is C20H25F2N5O3. The average Bonchev–Trinajstić information content (AvgIpc) is 3.44. The number of benzene rings is 1. The van der Waals surface area contributed by atoms with Gasteiger partial charge in [0.25, 0.3) is 18.2 Å². The maximum Gasteiger partial charge on any atom is 0.273 e. The van der Waals surface area contributed by atoms with Crippen LogP contribution in [0.25, 0.3) is 5.69 Å². The highest BCUT2D eigenvalue weighted by atomic mass is 19.3. The summed E-state index contributed by atoms with van der Waals surface area (Å²) in [6.07, 6.45) is 0.179. The molecule has 0 atom stereocenters. The molecule has 0 spiro atoms. The summed E-state index contributed by atoms with van der Waals surface area (Å²) >= 11 is 0. The molecule has 0 radical (unpaired) electrons. The lowest BCUT2D eigenvalue weighted by molar-refractivity contribution is 0.0167. The molecule has 0 unspecified atom stereocenters. The van der Waals surface area contributed by atoms with Crippen LogP contribution in [0.1, 0.15) is 52.7 Å². The van der Waals surface area contributed by atoms with Crippen LogP contribution in [0.15, 0.2) is 24.3 Å². The molecule has 2 N–H and O–H groups in total. The molecule has 1 heterocycles. The van der Waals surface area contributed by atoms with Crippen LogP contribution in [-0.2, 0) is 11.2 Å². The van der Waals surface area contributed by atoms with Crippen molar-refractivity contribution < 1.29 is 23.1 Å². The van der Waals surface area contributed by atoms with Gasteiger partial charge in [-0.25, -0.2) is 13.5 Å². The van der Waals surface area contributed by atoms with Crippen molar-refractivity contribution in [3.05, 3.63) is 41.2 Å². The van der Waals surface area contributed by atoms with Gasteiger partial charge in [0.15, 0.2) is 5.69 Å². The molecule has 0 aliphatic heterocycles. The Morgan fingerprint density at radius 2 is 1.97 bits per heavy atom. The van der Waals surface area contributed by atoms with Gasteiger partial charge in [-0.3, -0.25) is 9.59 Å². The van der Waals surface area contributed by atoms with Crippen molar-refractivity contribution in [1.82, 2.24) is 25.6 Å². The minimum Gasteiger partial charge on any atom is -0.376 e. The van der Waals surface area contributed by atoms with Gasteiger partial charge in [-0.1, -0.05) is 5.21 Å². The van der Waals surface area contributed by atoms with Crippen molar-refractivity contribution in [2.45, 2.75) is 45.1 Å². The van der Waals surface area contributed by atoms with E-state index >= 15 is 0 Å². The van der Waals surface area contributed by atoms with E-state index in [1.165, 1.54) is 4.68 Å². The van der Waals surface area contributed by atoms with Gasteiger partial charge in [-0.05, 0) is 56.9 Å². The van der Waals surface area contributed by atoms with Crippen LogP contribution in [0.2, 0.25) is 0 Å². The molecule has 10 heteroatoms. The second-order valence-electron chi connectivity index (χ2n) is 7.02. The number of hydrogen-bond donors (Lipinski definition) is 2. The molecule has 1 aliphatic carbocycles. The van der Waals surface area contributed by atoms with Crippen LogP contribution in [0.5, 0.6) is 0 Å². The number of carbonyl (C=O) groups is 2. The first-order chi connectivity index (χ1) is 14.5. The van der Waals surface area contributed by atoms with Crippen molar-refractivity contribution in [2.24, 2.45) is 0 Å². The summed E-state index contributed by atoms with van der Waals surface area (Å²) in [4.78, 5) is 24.5. The molecule has 8 nitrogen and oxygen atoms in total. The standard InChI is InChI=1S/C20H25F2N5O3/c1-2-23-19(28)13-5-9-15(10-6-13)27-16(4-3-11-30-12-17(21)22)18(25-26-27)20(29)24-14-7-8-14/h5-6,9-10,14,17H,2-4,7-8,11-12H2,1H3,(H,23,28)(H,24,29). The monoisotopic (exact) mass is 421 g/mol. The zero-order valence-corrected chi connectivity index (χ0v) is 16.7. The van der Waals surface area contributed by atoms with Crippen LogP contribution in [0, 0.1) is 0 Å². The highest BCUT2D eigenvalue weighted by Crippen LogP contribution is 2.21. The molecule has 1 aliphatic rings. The third-order valence-electron chi connectivity index (χ3n) is 4.55. The molecule has 1 fully saturated rings. The van der Waals surface area contributed by atoms with Gasteiger partial charge in [0.2, 0.25) is 0 Å². The first-order valence-electron chi connectivity index (χ1n) is 9.99. The summed E-state index contributed by atoms with van der Waals surface area (Å²) in [7, 11) is 0. The smallest absolute Gasteiger partial charge is 0.273 e. The number of halogens is 2. The van der Waals surface area contributed by atoms with Crippen LogP contribution < -0.4 is 10.6 Å². The van der Waals surface area contributed by atoms with E-state index in [9.17, 15) is 18.4 Å². The van der Waals surface area contributed by atoms with E-state index in [4.69, 9.17) is 4.74 Å². The molecule has 3 rings (SSSR count). The fourth-order valence-electron chi connectivity index (χ4n) is 2.92. The number of nitrogens with zero attached hydrogens (tertiary/aromatic N) is 3. The molecule has 162 valence electrons. The quantitative estimate of drug-likeness (QED) is 0.542. The highest BCUT2D eigenvalue weighted by molar-refractivity contribution is 5.94. The Kier molecular flexibility index (Phi) is 7.45. The zero-order chi connectivity index (χ0) is 21.5. The van der Waals surface area contributed by atoms with Gasteiger partial charge in [0.1, 0.15) is 6.61 Å². The molecule has 30 heavy (non-hydrogen) atoms. The predicted octanol–water partition coefficient (Wildman–Crippen LogP) is 2.12. The summed E-state index contributed by atoms with van der Waals surface area (Å²) in [5.74, 6) is -0.477. The number of amides is 2. The van der Waals surface area contributed by atoms with Gasteiger partial charge in [0, 0.05) is 24.8 Å². The molecule has 1 aromatic carbocycles. The first-order valence-corrected chi connectivity index (χ1v) is 9.99. The van der Waals surface area contributed by atoms with E-state index in [1.807, 2.05) is 6.92 Å². The van der Waals surface area contributed by atoms with E-state index in [0.29, 0.717) is 36.3 Å². The molecule has 1 saturated carbocycles. The Labute approximate surface area is 173 Å². The minimum absolute atomic E-state index is 0.134. The van der Waals surface area contributed by atoms with Crippen LogP contribution in [0.3, 0.4) is 0 Å². The summed E-state index contributed by atoms with van der Waals surface area (Å²) < 4.78 is 30.9. The fourth-order valence-corrected chi connectivity index (χ4v) is 2.92. The third-order valence-corrected chi connectivity index (χ3v) is 4.55. The lowest BCUT2D eigenvalue weighted by Crippen LogP contribution is -2.27. The van der Waals surface area contributed by atoms with Crippen molar-refractivity contribution in [1.29, 1.82) is 0 Å². The second-order valence-corrected chi connectivity index (χ2v) is 7.02. The number of rotatable bonds is 11. The second kappa shape index (κ2) is 10.2. The van der Waals surface area contributed by atoms with Gasteiger partial charge in [-0.2, -0.15) is 0 Å². The van der Waals surface area contributed by atoms with E-state index in [2.05, 4.69) is 20.9 Å². The number of alkyl halides is 2. The Morgan fingerprint density at radius 1 is 1.23 bits per heavy atom. The van der Waals surface area contributed by atoms with Gasteiger partial charge in [0.05, 0.1) is 11.4 Å². The molecule has 0 saturated heterocycles. The first kappa shape index (κ1) is 21.8. The summed E-state index contributed by atoms with van der Waals surface area (Å²) in [5, 5.41) is 13.8. The van der Waals surface area contributed by atoms with E-state index in [-0.39, 0.29) is 30.2 Å². The van der Waals surface area contributed by atoms with Gasteiger partial charge >= 0.3 is 0 Å². The maximum atomic E-state index is 12.5. The van der Waals surface area contributed by atoms with Crippen LogP contribution >= 0.6 is 0 Å². The largest absolute Gasteiger partial charge is 0.376 e. The molecule has 2 aromatic rings. The summed E-state index contributed by atoms with van der Waals surface area (Å²) in [6.45, 7) is 1.89. The van der Waals surface area contributed by atoms with E-state index in [0.717, 1.165) is 12.8 Å². The number of nitrogens with one attached hydrogen (secondary N) is 2. The number of hydrogen-bond acceptors (Lipinski definition) is 5. The van der Waals surface area contributed by atoms with Gasteiger partial charge < -0.3 is 15.4 Å². The van der Waals surface area contributed by atoms with E-state index < -0.39 is 13.0 Å². The fraction of sp³-hybridized carbons (Fsp3) is 0.500. The predicted molar refractivity (Wildman–Crippen MR) is 105 cm³/mol. The van der Waals surface area contributed by atoms with Crippen molar-refractivity contribution >= 4 is 11.8 Å². The zero-order valence-electron chi connectivity index (χ0n) is 16.7. The molecule has 1 aromatic heterocycles. The van der Waals surface area contributed by atoms with Gasteiger partial charge in [-0.15, -0.1) is 5.10 Å². The number of ether oxygens (including phenoxy) is 1. The van der Waals surface area contributed by atoms with Crippen molar-refractivity contribution in [2.75, 3.05) is 19.8 Å². The number of aromatic nitrogens is 3. The third kappa shape index (κ3) is 5.82. The Hall–Kier alpha value is -2.88. The Balaban J connectivity index is 1.77. The topological polar surface area (TPSA) is 98.1 Å². The lowest BCUT2D eigenvalue weighted by atomic mass is 10.1. The van der Waals surface area contributed by atoms with E-state index in [1.54, 1.807) is 24.3 Å². The summed E-state index contributed by atoms with van der Waals surface area (Å²) in [6, 6.07) is 6.95. The summed E-state index contributed by atoms with van der Waals surface area (Å²) in [5.41, 5.74) is 1.93. The number of carbonyl (C=O) groups excluding carboxylic acids is 2. The Bertz CT molecular complexity index is 866. The normalized spacial score (nSPS) is 13.5. The van der Waals surface area contributed by atoms with Crippen LogP contribution in [-0.4, -0.2) is 59.0 Å². The molecular weight excluding hydrogens is 396 g/mol. The molecule has 2 amide bonds. The minimum atomic E-state index is -2.51. The Morgan fingerprint density at radius 3 is 2.60 bits per heavy atom. The lowest BCUT2D eigenvalue weighted by Gasteiger charge is -2.10.